The van der Waals surface area contributed by atoms with E-state index in [1.54, 1.807) is 13.0 Å². The van der Waals surface area contributed by atoms with E-state index in [0.717, 1.165) is 5.56 Å². The third-order valence-corrected chi connectivity index (χ3v) is 2.40. The maximum atomic E-state index is 13.4. The Morgan fingerprint density at radius 1 is 1.44 bits per heavy atom. The number of carbonyl (C=O) groups excluding carboxylic acids is 1. The van der Waals surface area contributed by atoms with Crippen molar-refractivity contribution in [1.82, 2.24) is 0 Å². The number of benzene rings is 1. The number of carbonyl (C=O) groups is 1. The molecule has 0 saturated heterocycles. The van der Waals surface area contributed by atoms with Crippen molar-refractivity contribution in [2.75, 3.05) is 5.32 Å². The summed E-state index contributed by atoms with van der Waals surface area (Å²) in [5.74, 6) is -0.782. The molecule has 0 aliphatic heterocycles. The molecule has 1 unspecified atom stereocenters. The second-order valence-electron chi connectivity index (χ2n) is 4.24. The SMILES string of the molecule is Cc1ccc(NC(=O)C(N)C(C)C)c(F)c1. The predicted octanol–water partition coefficient (Wildman–Crippen LogP) is 2.06. The molecule has 0 aliphatic carbocycles. The Labute approximate surface area is 94.8 Å². The highest BCUT2D eigenvalue weighted by Crippen LogP contribution is 2.15. The Hall–Kier alpha value is -1.42. The molecule has 0 saturated carbocycles. The lowest BCUT2D eigenvalue weighted by atomic mass is 10.0. The summed E-state index contributed by atoms with van der Waals surface area (Å²) in [6.45, 7) is 5.47. The van der Waals surface area contributed by atoms with Gasteiger partial charge >= 0.3 is 0 Å². The summed E-state index contributed by atoms with van der Waals surface area (Å²) in [5, 5.41) is 2.48. The maximum absolute atomic E-state index is 13.4. The monoisotopic (exact) mass is 224 g/mol. The first kappa shape index (κ1) is 12.6. The lowest BCUT2D eigenvalue weighted by molar-refractivity contribution is -0.118. The van der Waals surface area contributed by atoms with Crippen LogP contribution in [0.1, 0.15) is 19.4 Å². The van der Waals surface area contributed by atoms with E-state index in [1.807, 2.05) is 13.8 Å². The largest absolute Gasteiger partial charge is 0.322 e. The van der Waals surface area contributed by atoms with Crippen molar-refractivity contribution in [2.45, 2.75) is 26.8 Å². The molecule has 0 spiro atoms. The van der Waals surface area contributed by atoms with Gasteiger partial charge < -0.3 is 11.1 Å². The second-order valence-corrected chi connectivity index (χ2v) is 4.24. The van der Waals surface area contributed by atoms with Crippen LogP contribution in [0, 0.1) is 18.7 Å². The van der Waals surface area contributed by atoms with Gasteiger partial charge in [0.2, 0.25) is 5.91 Å². The highest BCUT2D eigenvalue weighted by molar-refractivity contribution is 5.94. The molecule has 3 N–H and O–H groups in total. The molecule has 0 radical (unpaired) electrons. The van der Waals surface area contributed by atoms with Gasteiger partial charge in [0.15, 0.2) is 0 Å². The normalized spacial score (nSPS) is 12.6. The standard InChI is InChI=1S/C12H17FN2O/c1-7(2)11(14)12(16)15-10-5-4-8(3)6-9(10)13/h4-7,11H,14H2,1-3H3,(H,15,16). The van der Waals surface area contributed by atoms with E-state index >= 15 is 0 Å². The smallest absolute Gasteiger partial charge is 0.241 e. The molecule has 4 heteroatoms. The molecule has 0 fully saturated rings. The molecule has 3 nitrogen and oxygen atoms in total. The third-order valence-electron chi connectivity index (χ3n) is 2.40. The van der Waals surface area contributed by atoms with E-state index in [2.05, 4.69) is 5.32 Å². The Balaban J connectivity index is 2.77. The van der Waals surface area contributed by atoms with Gasteiger partial charge in [0, 0.05) is 0 Å². The topological polar surface area (TPSA) is 55.1 Å². The van der Waals surface area contributed by atoms with Crippen molar-refractivity contribution in [1.29, 1.82) is 0 Å². The number of aryl methyl sites for hydroxylation is 1. The van der Waals surface area contributed by atoms with Crippen LogP contribution in [-0.4, -0.2) is 11.9 Å². The van der Waals surface area contributed by atoms with Gasteiger partial charge in [-0.1, -0.05) is 19.9 Å². The zero-order valence-corrected chi connectivity index (χ0v) is 9.75. The minimum atomic E-state index is -0.624. The molecule has 1 atom stereocenters. The summed E-state index contributed by atoms with van der Waals surface area (Å²) in [5.41, 5.74) is 6.64. The molecule has 1 aromatic carbocycles. The molecule has 0 bridgehead atoms. The van der Waals surface area contributed by atoms with Crippen molar-refractivity contribution in [3.63, 3.8) is 0 Å². The van der Waals surface area contributed by atoms with Gasteiger partial charge in [-0.3, -0.25) is 4.79 Å². The first-order chi connectivity index (χ1) is 7.41. The molecular weight excluding hydrogens is 207 g/mol. The summed E-state index contributed by atoms with van der Waals surface area (Å²) < 4.78 is 13.4. The Morgan fingerprint density at radius 2 is 2.06 bits per heavy atom. The van der Waals surface area contributed by atoms with Crippen LogP contribution < -0.4 is 11.1 Å². The van der Waals surface area contributed by atoms with E-state index < -0.39 is 11.9 Å². The van der Waals surface area contributed by atoms with E-state index in [9.17, 15) is 9.18 Å². The molecule has 0 aromatic heterocycles. The van der Waals surface area contributed by atoms with E-state index in [1.165, 1.54) is 12.1 Å². The summed E-state index contributed by atoms with van der Waals surface area (Å²) in [7, 11) is 0. The first-order valence-corrected chi connectivity index (χ1v) is 5.24. The van der Waals surface area contributed by atoms with Gasteiger partial charge in [-0.15, -0.1) is 0 Å². The molecular formula is C12H17FN2O. The fourth-order valence-electron chi connectivity index (χ4n) is 1.24. The maximum Gasteiger partial charge on any atom is 0.241 e. The number of nitrogens with two attached hydrogens (primary N) is 1. The van der Waals surface area contributed by atoms with Crippen molar-refractivity contribution in [3.8, 4) is 0 Å². The summed E-state index contributed by atoms with van der Waals surface area (Å²) >= 11 is 0. The van der Waals surface area contributed by atoms with E-state index in [-0.39, 0.29) is 17.5 Å². The van der Waals surface area contributed by atoms with Gasteiger partial charge in [0.05, 0.1) is 11.7 Å². The van der Waals surface area contributed by atoms with Gasteiger partial charge in [-0.05, 0) is 30.5 Å². The number of halogens is 1. The van der Waals surface area contributed by atoms with Crippen LogP contribution in [0.15, 0.2) is 18.2 Å². The van der Waals surface area contributed by atoms with Gasteiger partial charge in [-0.25, -0.2) is 4.39 Å². The fraction of sp³-hybridized carbons (Fsp3) is 0.417. The average Bonchev–Trinajstić information content (AvgIpc) is 2.20. The second kappa shape index (κ2) is 5.07. The lowest BCUT2D eigenvalue weighted by Gasteiger charge is -2.15. The van der Waals surface area contributed by atoms with Crippen molar-refractivity contribution >= 4 is 11.6 Å². The highest BCUT2D eigenvalue weighted by Gasteiger charge is 2.18. The highest BCUT2D eigenvalue weighted by atomic mass is 19.1. The molecule has 16 heavy (non-hydrogen) atoms. The predicted molar refractivity (Wildman–Crippen MR) is 62.6 cm³/mol. The van der Waals surface area contributed by atoms with Crippen molar-refractivity contribution in [2.24, 2.45) is 11.7 Å². The van der Waals surface area contributed by atoms with Crippen LogP contribution in [0.4, 0.5) is 10.1 Å². The van der Waals surface area contributed by atoms with Crippen molar-refractivity contribution < 1.29 is 9.18 Å². The molecule has 1 aromatic rings. The number of rotatable bonds is 3. The molecule has 0 heterocycles. The Morgan fingerprint density at radius 3 is 2.56 bits per heavy atom. The average molecular weight is 224 g/mol. The Bertz CT molecular complexity index is 391. The summed E-state index contributed by atoms with van der Waals surface area (Å²) in [6, 6.07) is 4.02. The minimum absolute atomic E-state index is 0.0218. The van der Waals surface area contributed by atoms with E-state index in [4.69, 9.17) is 5.73 Å². The lowest BCUT2D eigenvalue weighted by Crippen LogP contribution is -2.39. The van der Waals surface area contributed by atoms with Crippen LogP contribution in [0.2, 0.25) is 0 Å². The van der Waals surface area contributed by atoms with Gasteiger partial charge in [0.1, 0.15) is 5.82 Å². The Kier molecular flexibility index (Phi) is 4.01. The molecule has 88 valence electrons. The molecule has 0 aliphatic rings. The van der Waals surface area contributed by atoms with Crippen LogP contribution >= 0.6 is 0 Å². The van der Waals surface area contributed by atoms with E-state index in [0.29, 0.717) is 0 Å². The number of anilines is 1. The minimum Gasteiger partial charge on any atom is -0.322 e. The van der Waals surface area contributed by atoms with Crippen LogP contribution in [0.25, 0.3) is 0 Å². The number of hydrogen-bond donors (Lipinski definition) is 2. The fourth-order valence-corrected chi connectivity index (χ4v) is 1.24. The van der Waals surface area contributed by atoms with Crippen molar-refractivity contribution in [3.05, 3.63) is 29.6 Å². The number of amides is 1. The zero-order valence-electron chi connectivity index (χ0n) is 9.75. The zero-order chi connectivity index (χ0) is 12.3. The van der Waals surface area contributed by atoms with Crippen LogP contribution in [0.5, 0.6) is 0 Å². The summed E-state index contributed by atoms with van der Waals surface area (Å²) in [4.78, 5) is 11.6. The van der Waals surface area contributed by atoms with Crippen LogP contribution in [0.3, 0.4) is 0 Å². The first-order valence-electron chi connectivity index (χ1n) is 5.24. The molecule has 1 amide bonds. The van der Waals surface area contributed by atoms with Gasteiger partial charge in [-0.2, -0.15) is 0 Å². The molecule has 1 rings (SSSR count). The third kappa shape index (κ3) is 3.03. The number of nitrogens with one attached hydrogen (secondary N) is 1. The quantitative estimate of drug-likeness (QED) is 0.825. The summed E-state index contributed by atoms with van der Waals surface area (Å²) in [6.07, 6.45) is 0. The number of hydrogen-bond acceptors (Lipinski definition) is 2. The van der Waals surface area contributed by atoms with Gasteiger partial charge in [0.25, 0.3) is 0 Å². The van der Waals surface area contributed by atoms with Crippen LogP contribution in [-0.2, 0) is 4.79 Å².